The lowest BCUT2D eigenvalue weighted by Gasteiger charge is -2.15. The van der Waals surface area contributed by atoms with Gasteiger partial charge in [0.15, 0.2) is 17.1 Å². The number of likely N-dealkylation sites (N-methyl/N-ethyl adjacent to an activating group) is 1. The van der Waals surface area contributed by atoms with Gasteiger partial charge in [0.25, 0.3) is 0 Å². The summed E-state index contributed by atoms with van der Waals surface area (Å²) in [6, 6.07) is 1.77. The molecule has 16 heavy (non-hydrogen) atoms. The van der Waals surface area contributed by atoms with Crippen LogP contribution in [0.25, 0.3) is 11.2 Å². The molecule has 0 aliphatic rings. The molecule has 0 saturated carbocycles. The zero-order valence-electron chi connectivity index (χ0n) is 8.70. The highest BCUT2D eigenvalue weighted by molar-refractivity contribution is 9.10. The molecule has 4 nitrogen and oxygen atoms in total. The Labute approximate surface area is 106 Å². The Hall–Kier alpha value is -0.850. The van der Waals surface area contributed by atoms with E-state index in [9.17, 15) is 0 Å². The van der Waals surface area contributed by atoms with Gasteiger partial charge in [-0.05, 0) is 15.9 Å². The van der Waals surface area contributed by atoms with Crippen LogP contribution in [0.4, 0.5) is 5.88 Å². The van der Waals surface area contributed by atoms with Crippen LogP contribution in [0.1, 0.15) is 0 Å². The first kappa shape index (κ1) is 11.6. The average molecular weight is 303 g/mol. The van der Waals surface area contributed by atoms with E-state index in [0.29, 0.717) is 34.6 Å². The monoisotopic (exact) mass is 302 g/mol. The largest absolute Gasteiger partial charge is 0.458 e. The zero-order valence-corrected chi connectivity index (χ0v) is 11.1. The third-order valence-electron chi connectivity index (χ3n) is 2.23. The summed E-state index contributed by atoms with van der Waals surface area (Å²) in [4.78, 5) is 1.91. The Bertz CT molecular complexity index is 563. The maximum absolute atomic E-state index is 5.69. The van der Waals surface area contributed by atoms with Gasteiger partial charge in [0.2, 0.25) is 0 Å². The molecule has 2 aromatic heterocycles. The van der Waals surface area contributed by atoms with Crippen molar-refractivity contribution < 1.29 is 8.83 Å². The van der Waals surface area contributed by atoms with E-state index in [2.05, 4.69) is 15.9 Å². The Morgan fingerprint density at radius 3 is 2.94 bits per heavy atom. The molecular formula is C10H11BrN2O2S. The van der Waals surface area contributed by atoms with Crippen molar-refractivity contribution in [3.8, 4) is 0 Å². The summed E-state index contributed by atoms with van der Waals surface area (Å²) >= 11 is 8.57. The van der Waals surface area contributed by atoms with E-state index in [1.807, 2.05) is 11.9 Å². The predicted molar refractivity (Wildman–Crippen MR) is 69.3 cm³/mol. The predicted octanol–water partition coefficient (Wildman–Crippen LogP) is 2.91. The van der Waals surface area contributed by atoms with E-state index in [1.165, 1.54) is 0 Å². The standard InChI is InChI=1S/C10H11BrN2O2S/c1-13(3-2-12)8-4-7(16)10-9(15-8)6(11)5-14-10/h4-5H,2-3,12H2,1H3. The van der Waals surface area contributed by atoms with Crippen LogP contribution in [0.2, 0.25) is 0 Å². The summed E-state index contributed by atoms with van der Waals surface area (Å²) in [6.45, 7) is 1.27. The van der Waals surface area contributed by atoms with Gasteiger partial charge in [0, 0.05) is 26.2 Å². The van der Waals surface area contributed by atoms with Gasteiger partial charge < -0.3 is 19.5 Å². The highest BCUT2D eigenvalue weighted by Gasteiger charge is 2.11. The molecule has 0 saturated heterocycles. The van der Waals surface area contributed by atoms with Gasteiger partial charge in [-0.25, -0.2) is 0 Å². The molecule has 2 heterocycles. The first-order valence-corrected chi connectivity index (χ1v) is 5.95. The topological polar surface area (TPSA) is 55.5 Å². The van der Waals surface area contributed by atoms with Gasteiger partial charge in [0.05, 0.1) is 8.98 Å². The fourth-order valence-electron chi connectivity index (χ4n) is 1.39. The van der Waals surface area contributed by atoms with Crippen LogP contribution in [0.5, 0.6) is 0 Å². The SMILES string of the molecule is CN(CCN)c1cc(=S)c2occ(Br)c2o1. The summed E-state index contributed by atoms with van der Waals surface area (Å²) < 4.78 is 12.4. The number of furan rings is 1. The van der Waals surface area contributed by atoms with Crippen molar-refractivity contribution in [2.45, 2.75) is 0 Å². The number of rotatable bonds is 3. The quantitative estimate of drug-likeness (QED) is 0.884. The maximum atomic E-state index is 5.69. The zero-order chi connectivity index (χ0) is 11.7. The average Bonchev–Trinajstić information content (AvgIpc) is 2.61. The lowest BCUT2D eigenvalue weighted by molar-refractivity contribution is 0.570. The van der Waals surface area contributed by atoms with Crippen LogP contribution in [0.15, 0.2) is 25.6 Å². The van der Waals surface area contributed by atoms with Gasteiger partial charge in [-0.15, -0.1) is 0 Å². The summed E-state index contributed by atoms with van der Waals surface area (Å²) in [5.74, 6) is 0.685. The van der Waals surface area contributed by atoms with E-state index >= 15 is 0 Å². The third-order valence-corrected chi connectivity index (χ3v) is 3.08. The number of hydrogen-bond acceptors (Lipinski definition) is 5. The summed E-state index contributed by atoms with van der Waals surface area (Å²) in [5.41, 5.74) is 6.71. The first-order chi connectivity index (χ1) is 7.63. The molecule has 0 aromatic carbocycles. The second kappa shape index (κ2) is 4.57. The second-order valence-electron chi connectivity index (χ2n) is 3.40. The van der Waals surface area contributed by atoms with Crippen molar-refractivity contribution in [1.29, 1.82) is 0 Å². The number of nitrogens with zero attached hydrogens (tertiary/aromatic N) is 1. The Morgan fingerprint density at radius 2 is 2.25 bits per heavy atom. The van der Waals surface area contributed by atoms with E-state index in [1.54, 1.807) is 12.3 Å². The number of hydrogen-bond donors (Lipinski definition) is 1. The molecule has 0 spiro atoms. The molecule has 2 aromatic rings. The number of nitrogens with two attached hydrogens (primary N) is 1. The minimum absolute atomic E-state index is 0.559. The van der Waals surface area contributed by atoms with Crippen LogP contribution in [0, 0.1) is 4.51 Å². The van der Waals surface area contributed by atoms with E-state index in [-0.39, 0.29) is 0 Å². The fraction of sp³-hybridized carbons (Fsp3) is 0.300. The van der Waals surface area contributed by atoms with Crippen molar-refractivity contribution in [2.24, 2.45) is 5.73 Å². The Morgan fingerprint density at radius 1 is 1.50 bits per heavy atom. The number of fused-ring (bicyclic) bond motifs is 1. The molecule has 0 aliphatic carbocycles. The Kier molecular flexibility index (Phi) is 3.32. The van der Waals surface area contributed by atoms with Crippen LogP contribution < -0.4 is 10.6 Å². The Balaban J connectivity index is 2.56. The number of anilines is 1. The highest BCUT2D eigenvalue weighted by atomic mass is 79.9. The van der Waals surface area contributed by atoms with Gasteiger partial charge in [-0.2, -0.15) is 0 Å². The molecule has 0 aliphatic heterocycles. The summed E-state index contributed by atoms with van der Waals surface area (Å²) in [6.07, 6.45) is 1.57. The van der Waals surface area contributed by atoms with E-state index in [4.69, 9.17) is 26.8 Å². The molecule has 0 amide bonds. The molecule has 6 heteroatoms. The summed E-state index contributed by atoms with van der Waals surface area (Å²) in [7, 11) is 1.90. The third kappa shape index (κ3) is 2.00. The maximum Gasteiger partial charge on any atom is 0.197 e. The van der Waals surface area contributed by atoms with Crippen LogP contribution >= 0.6 is 28.1 Å². The van der Waals surface area contributed by atoms with E-state index < -0.39 is 0 Å². The molecule has 2 N–H and O–H groups in total. The fourth-order valence-corrected chi connectivity index (χ4v) is 1.99. The first-order valence-electron chi connectivity index (χ1n) is 4.75. The van der Waals surface area contributed by atoms with Gasteiger partial charge in [-0.3, -0.25) is 0 Å². The number of halogens is 1. The van der Waals surface area contributed by atoms with Crippen LogP contribution in [-0.2, 0) is 0 Å². The van der Waals surface area contributed by atoms with Crippen LogP contribution in [0.3, 0.4) is 0 Å². The summed E-state index contributed by atoms with van der Waals surface area (Å²) in [5, 5.41) is 0. The normalized spacial score (nSPS) is 10.9. The highest BCUT2D eigenvalue weighted by Crippen LogP contribution is 2.30. The molecular weight excluding hydrogens is 292 g/mol. The van der Waals surface area contributed by atoms with Gasteiger partial charge in [-0.1, -0.05) is 12.2 Å². The van der Waals surface area contributed by atoms with Crippen molar-refractivity contribution in [3.63, 3.8) is 0 Å². The molecule has 86 valence electrons. The van der Waals surface area contributed by atoms with Crippen molar-refractivity contribution in [1.82, 2.24) is 0 Å². The van der Waals surface area contributed by atoms with E-state index in [0.717, 1.165) is 4.47 Å². The minimum atomic E-state index is 0.559. The van der Waals surface area contributed by atoms with Gasteiger partial charge >= 0.3 is 0 Å². The van der Waals surface area contributed by atoms with Crippen molar-refractivity contribution in [2.75, 3.05) is 25.0 Å². The smallest absolute Gasteiger partial charge is 0.197 e. The second-order valence-corrected chi connectivity index (χ2v) is 4.70. The van der Waals surface area contributed by atoms with Gasteiger partial charge in [0.1, 0.15) is 6.26 Å². The lowest BCUT2D eigenvalue weighted by Crippen LogP contribution is -2.24. The van der Waals surface area contributed by atoms with Crippen molar-refractivity contribution in [3.05, 3.63) is 21.3 Å². The minimum Gasteiger partial charge on any atom is -0.458 e. The van der Waals surface area contributed by atoms with Crippen molar-refractivity contribution >= 4 is 45.2 Å². The lowest BCUT2D eigenvalue weighted by atomic mass is 10.4. The molecule has 0 atom stereocenters. The molecule has 0 radical (unpaired) electrons. The molecule has 0 unspecified atom stereocenters. The molecule has 0 bridgehead atoms. The van der Waals surface area contributed by atoms with Crippen LogP contribution in [-0.4, -0.2) is 20.1 Å². The molecule has 0 fully saturated rings. The molecule has 2 rings (SSSR count).